The summed E-state index contributed by atoms with van der Waals surface area (Å²) < 4.78 is 10.7. The SMILES string of the molecule is O=C(Cc1noc(-c2coc(CC3CC3)n2)n1)NC1CCCCC1. The minimum atomic E-state index is -0.0520. The van der Waals surface area contributed by atoms with Gasteiger partial charge >= 0.3 is 0 Å². The Morgan fingerprint density at radius 2 is 2.00 bits per heavy atom. The molecule has 128 valence electrons. The van der Waals surface area contributed by atoms with Crippen molar-refractivity contribution in [3.8, 4) is 11.6 Å². The third kappa shape index (κ3) is 3.83. The van der Waals surface area contributed by atoms with E-state index in [-0.39, 0.29) is 18.4 Å². The second-order valence-corrected chi connectivity index (χ2v) is 6.87. The van der Waals surface area contributed by atoms with E-state index < -0.39 is 0 Å². The van der Waals surface area contributed by atoms with Crippen molar-refractivity contribution >= 4 is 5.91 Å². The Labute approximate surface area is 140 Å². The molecule has 1 N–H and O–H groups in total. The molecule has 7 heteroatoms. The summed E-state index contributed by atoms with van der Waals surface area (Å²) in [4.78, 5) is 20.7. The molecule has 2 aromatic rings. The van der Waals surface area contributed by atoms with Gasteiger partial charge in [-0.15, -0.1) is 0 Å². The fourth-order valence-corrected chi connectivity index (χ4v) is 3.17. The first-order valence-corrected chi connectivity index (χ1v) is 8.83. The quantitative estimate of drug-likeness (QED) is 0.875. The molecule has 0 unspecified atom stereocenters. The lowest BCUT2D eigenvalue weighted by molar-refractivity contribution is -0.121. The van der Waals surface area contributed by atoms with Crippen LogP contribution in [0.3, 0.4) is 0 Å². The van der Waals surface area contributed by atoms with Gasteiger partial charge in [-0.05, 0) is 31.6 Å². The van der Waals surface area contributed by atoms with Gasteiger partial charge in [-0.1, -0.05) is 24.4 Å². The van der Waals surface area contributed by atoms with E-state index in [4.69, 9.17) is 8.94 Å². The van der Waals surface area contributed by atoms with Crippen LogP contribution >= 0.6 is 0 Å². The van der Waals surface area contributed by atoms with Crippen molar-refractivity contribution in [2.45, 2.75) is 63.8 Å². The van der Waals surface area contributed by atoms with E-state index in [1.165, 1.54) is 38.4 Å². The summed E-state index contributed by atoms with van der Waals surface area (Å²) in [7, 11) is 0. The normalized spacial score (nSPS) is 18.7. The minimum Gasteiger partial charge on any atom is -0.448 e. The molecule has 2 aromatic heterocycles. The summed E-state index contributed by atoms with van der Waals surface area (Å²) in [5, 5.41) is 6.93. The summed E-state index contributed by atoms with van der Waals surface area (Å²) in [5.41, 5.74) is 0.539. The molecular weight excluding hydrogens is 308 g/mol. The van der Waals surface area contributed by atoms with E-state index in [2.05, 4.69) is 20.4 Å². The molecule has 0 aromatic carbocycles. The van der Waals surface area contributed by atoms with Crippen LogP contribution in [0.1, 0.15) is 56.7 Å². The monoisotopic (exact) mass is 330 g/mol. The number of oxazole rings is 1. The Bertz CT molecular complexity index is 698. The average Bonchev–Trinajstić information content (AvgIpc) is 3.07. The van der Waals surface area contributed by atoms with E-state index in [0.29, 0.717) is 29.2 Å². The zero-order valence-electron chi connectivity index (χ0n) is 13.7. The second kappa shape index (κ2) is 6.75. The Kier molecular flexibility index (Phi) is 4.32. The molecule has 2 aliphatic rings. The third-order valence-electron chi connectivity index (χ3n) is 4.69. The van der Waals surface area contributed by atoms with E-state index in [0.717, 1.165) is 19.3 Å². The van der Waals surface area contributed by atoms with E-state index in [1.54, 1.807) is 0 Å². The first-order chi connectivity index (χ1) is 11.8. The van der Waals surface area contributed by atoms with Gasteiger partial charge in [-0.2, -0.15) is 4.98 Å². The molecule has 0 aliphatic heterocycles. The molecule has 0 radical (unpaired) electrons. The minimum absolute atomic E-state index is 0.0520. The van der Waals surface area contributed by atoms with Crippen LogP contribution in [0.2, 0.25) is 0 Å². The first kappa shape index (κ1) is 15.4. The predicted octanol–water partition coefficient (Wildman–Crippen LogP) is 2.67. The molecule has 1 amide bonds. The molecule has 24 heavy (non-hydrogen) atoms. The van der Waals surface area contributed by atoms with Crippen LogP contribution in [-0.4, -0.2) is 27.1 Å². The molecule has 0 spiro atoms. The molecule has 2 fully saturated rings. The number of rotatable bonds is 6. The van der Waals surface area contributed by atoms with Crippen LogP contribution < -0.4 is 5.32 Å². The molecule has 4 rings (SSSR count). The fourth-order valence-electron chi connectivity index (χ4n) is 3.17. The summed E-state index contributed by atoms with van der Waals surface area (Å²) in [5.74, 6) is 2.05. The third-order valence-corrected chi connectivity index (χ3v) is 4.69. The average molecular weight is 330 g/mol. The second-order valence-electron chi connectivity index (χ2n) is 6.87. The number of nitrogens with zero attached hydrogens (tertiary/aromatic N) is 3. The van der Waals surface area contributed by atoms with Crippen molar-refractivity contribution in [1.29, 1.82) is 0 Å². The fraction of sp³-hybridized carbons (Fsp3) is 0.647. The van der Waals surface area contributed by atoms with Crippen molar-refractivity contribution in [2.24, 2.45) is 5.92 Å². The van der Waals surface area contributed by atoms with Gasteiger partial charge in [0, 0.05) is 12.5 Å². The van der Waals surface area contributed by atoms with E-state index in [9.17, 15) is 4.79 Å². The molecule has 2 aliphatic carbocycles. The van der Waals surface area contributed by atoms with Gasteiger partial charge < -0.3 is 14.3 Å². The number of amides is 1. The number of aromatic nitrogens is 3. The lowest BCUT2D eigenvalue weighted by atomic mass is 9.95. The Balaban J connectivity index is 1.33. The van der Waals surface area contributed by atoms with Gasteiger partial charge in [0.2, 0.25) is 5.91 Å². The standard InChI is InChI=1S/C17H22N4O3/c22-15(18-12-4-2-1-3-5-12)9-14-20-17(24-21-14)13-10-23-16(19-13)8-11-6-7-11/h10-12H,1-9H2,(H,18,22). The zero-order chi connectivity index (χ0) is 16.4. The van der Waals surface area contributed by atoms with Gasteiger partial charge in [-0.25, -0.2) is 4.98 Å². The molecule has 0 atom stereocenters. The highest BCUT2D eigenvalue weighted by Crippen LogP contribution is 2.32. The zero-order valence-corrected chi connectivity index (χ0v) is 13.7. The maximum absolute atomic E-state index is 12.1. The van der Waals surface area contributed by atoms with Crippen LogP contribution in [0, 0.1) is 5.92 Å². The summed E-state index contributed by atoms with van der Waals surface area (Å²) in [6, 6.07) is 0.290. The van der Waals surface area contributed by atoms with Crippen LogP contribution in [-0.2, 0) is 17.6 Å². The van der Waals surface area contributed by atoms with Crippen LogP contribution in [0.25, 0.3) is 11.6 Å². The van der Waals surface area contributed by atoms with Gasteiger partial charge in [0.25, 0.3) is 5.89 Å². The van der Waals surface area contributed by atoms with Crippen molar-refractivity contribution in [3.63, 3.8) is 0 Å². The molecule has 7 nitrogen and oxygen atoms in total. The first-order valence-electron chi connectivity index (χ1n) is 8.83. The number of nitrogens with one attached hydrogen (secondary N) is 1. The van der Waals surface area contributed by atoms with Crippen molar-refractivity contribution < 1.29 is 13.7 Å². The number of hydrogen-bond acceptors (Lipinski definition) is 6. The lowest BCUT2D eigenvalue weighted by Gasteiger charge is -2.22. The lowest BCUT2D eigenvalue weighted by Crippen LogP contribution is -2.37. The summed E-state index contributed by atoms with van der Waals surface area (Å²) >= 11 is 0. The number of carbonyl (C=O) groups is 1. The Morgan fingerprint density at radius 3 is 2.79 bits per heavy atom. The largest absolute Gasteiger partial charge is 0.448 e. The molecule has 2 heterocycles. The summed E-state index contributed by atoms with van der Waals surface area (Å²) in [6.45, 7) is 0. The van der Waals surface area contributed by atoms with Gasteiger partial charge in [0.15, 0.2) is 17.4 Å². The van der Waals surface area contributed by atoms with E-state index >= 15 is 0 Å². The van der Waals surface area contributed by atoms with Crippen LogP contribution in [0.15, 0.2) is 15.2 Å². The van der Waals surface area contributed by atoms with Crippen molar-refractivity contribution in [3.05, 3.63) is 18.0 Å². The summed E-state index contributed by atoms with van der Waals surface area (Å²) in [6.07, 6.45) is 10.8. The maximum Gasteiger partial charge on any atom is 0.279 e. The van der Waals surface area contributed by atoms with Crippen LogP contribution in [0.4, 0.5) is 0 Å². The molecule has 2 saturated carbocycles. The van der Waals surface area contributed by atoms with Gasteiger partial charge in [-0.3, -0.25) is 4.79 Å². The smallest absolute Gasteiger partial charge is 0.279 e. The molecule has 0 saturated heterocycles. The Morgan fingerprint density at radius 1 is 1.17 bits per heavy atom. The van der Waals surface area contributed by atoms with Crippen molar-refractivity contribution in [2.75, 3.05) is 0 Å². The highest BCUT2D eigenvalue weighted by Gasteiger charge is 2.25. The Hall–Kier alpha value is -2.18. The van der Waals surface area contributed by atoms with Crippen LogP contribution in [0.5, 0.6) is 0 Å². The highest BCUT2D eigenvalue weighted by atomic mass is 16.5. The maximum atomic E-state index is 12.1. The van der Waals surface area contributed by atoms with Gasteiger partial charge in [0.05, 0.1) is 6.42 Å². The van der Waals surface area contributed by atoms with Crippen molar-refractivity contribution in [1.82, 2.24) is 20.4 Å². The molecule has 0 bridgehead atoms. The highest BCUT2D eigenvalue weighted by molar-refractivity contribution is 5.78. The molecular formula is C17H22N4O3. The number of carbonyl (C=O) groups excluding carboxylic acids is 1. The van der Waals surface area contributed by atoms with Gasteiger partial charge in [0.1, 0.15) is 6.26 Å². The topological polar surface area (TPSA) is 94.0 Å². The van der Waals surface area contributed by atoms with E-state index in [1.807, 2.05) is 0 Å². The predicted molar refractivity (Wildman–Crippen MR) is 84.9 cm³/mol. The number of hydrogen-bond donors (Lipinski definition) is 1.